The van der Waals surface area contributed by atoms with Gasteiger partial charge in [-0.3, -0.25) is 9.69 Å². The van der Waals surface area contributed by atoms with Crippen molar-refractivity contribution in [3.8, 4) is 0 Å². The highest BCUT2D eigenvalue weighted by atomic mass is 19.1. The van der Waals surface area contributed by atoms with Crippen molar-refractivity contribution in [1.82, 2.24) is 14.8 Å². The molecule has 2 saturated heterocycles. The molecule has 150 valence electrons. The van der Waals surface area contributed by atoms with Gasteiger partial charge in [-0.25, -0.2) is 9.18 Å². The van der Waals surface area contributed by atoms with E-state index in [0.717, 1.165) is 37.6 Å². The zero-order valence-corrected chi connectivity index (χ0v) is 16.1. The van der Waals surface area contributed by atoms with Gasteiger partial charge in [0.05, 0.1) is 6.04 Å². The fourth-order valence-electron chi connectivity index (χ4n) is 4.32. The number of hydrogen-bond acceptors (Lipinski definition) is 3. The molecule has 2 fully saturated rings. The van der Waals surface area contributed by atoms with E-state index in [1.807, 2.05) is 4.90 Å². The summed E-state index contributed by atoms with van der Waals surface area (Å²) < 4.78 is 18.7. The number of likely N-dealkylation sites (tertiary alicyclic amines) is 1. The highest BCUT2D eigenvalue weighted by molar-refractivity contribution is 5.98. The Bertz CT molecular complexity index is 873. The number of aromatic amines is 1. The molecular formula is C21H26FN3O3. The lowest BCUT2D eigenvalue weighted by molar-refractivity contribution is 0.0629. The van der Waals surface area contributed by atoms with Crippen LogP contribution in [-0.2, 0) is 4.74 Å². The number of aromatic nitrogens is 1. The van der Waals surface area contributed by atoms with E-state index in [2.05, 4.69) is 11.9 Å². The summed E-state index contributed by atoms with van der Waals surface area (Å²) in [4.78, 5) is 31.8. The molecular weight excluding hydrogens is 361 g/mol. The van der Waals surface area contributed by atoms with Crippen molar-refractivity contribution in [3.63, 3.8) is 0 Å². The van der Waals surface area contributed by atoms with Crippen LogP contribution < -0.4 is 0 Å². The first-order chi connectivity index (χ1) is 13.6. The van der Waals surface area contributed by atoms with Crippen LogP contribution in [0.15, 0.2) is 24.3 Å². The number of piperidine rings is 1. The number of nitrogens with one attached hydrogen (secondary N) is 1. The van der Waals surface area contributed by atoms with Crippen LogP contribution in [0.3, 0.4) is 0 Å². The Morgan fingerprint density at radius 3 is 2.82 bits per heavy atom. The molecule has 1 N–H and O–H groups in total. The first-order valence-corrected chi connectivity index (χ1v) is 10.1. The fraction of sp³-hybridized carbons (Fsp3) is 0.524. The monoisotopic (exact) mass is 387 g/mol. The number of halogens is 1. The molecule has 1 atom stereocenters. The summed E-state index contributed by atoms with van der Waals surface area (Å²) in [6, 6.07) is 6.42. The zero-order chi connectivity index (χ0) is 19.7. The van der Waals surface area contributed by atoms with E-state index < -0.39 is 0 Å². The number of nitrogens with zero attached hydrogens (tertiary/aromatic N) is 2. The summed E-state index contributed by atoms with van der Waals surface area (Å²) in [5.74, 6) is -0.400. The lowest BCUT2D eigenvalue weighted by atomic mass is 10.00. The average molecular weight is 387 g/mol. The third-order valence-corrected chi connectivity index (χ3v) is 5.85. The van der Waals surface area contributed by atoms with Gasteiger partial charge in [0, 0.05) is 30.0 Å². The molecule has 0 aliphatic carbocycles. The summed E-state index contributed by atoms with van der Waals surface area (Å²) in [6.45, 7) is 3.81. The van der Waals surface area contributed by atoms with Crippen molar-refractivity contribution in [2.24, 2.45) is 0 Å². The standard InChI is InChI=1S/C21H26FN3O3/c1-2-3-4-17-13-28-21(27)25(17)16-7-9-24(10-8-16)20(26)19-12-14-11-15(22)5-6-18(14)23-19/h5-6,11-12,16-17,23H,2-4,7-10,13H2,1H3. The molecule has 1 aromatic carbocycles. The summed E-state index contributed by atoms with van der Waals surface area (Å²) in [7, 11) is 0. The van der Waals surface area contributed by atoms with Crippen LogP contribution in [0.4, 0.5) is 9.18 Å². The highest BCUT2D eigenvalue weighted by Gasteiger charge is 2.39. The zero-order valence-electron chi connectivity index (χ0n) is 16.1. The Kier molecular flexibility index (Phi) is 5.24. The first kappa shape index (κ1) is 18.8. The second-order valence-electron chi connectivity index (χ2n) is 7.72. The average Bonchev–Trinajstić information content (AvgIpc) is 3.28. The van der Waals surface area contributed by atoms with Gasteiger partial charge in [-0.1, -0.05) is 19.8 Å². The number of hydrogen-bond donors (Lipinski definition) is 1. The topological polar surface area (TPSA) is 65.6 Å². The number of carbonyl (C=O) groups is 2. The number of unbranched alkanes of at least 4 members (excludes halogenated alkanes) is 1. The summed E-state index contributed by atoms with van der Waals surface area (Å²) in [6.07, 6.45) is 4.42. The van der Waals surface area contributed by atoms with Crippen molar-refractivity contribution in [2.45, 2.75) is 51.1 Å². The van der Waals surface area contributed by atoms with E-state index in [4.69, 9.17) is 4.74 Å². The molecule has 2 aliphatic rings. The summed E-state index contributed by atoms with van der Waals surface area (Å²) in [5, 5.41) is 0.691. The van der Waals surface area contributed by atoms with Crippen LogP contribution in [-0.4, -0.2) is 58.6 Å². The molecule has 3 heterocycles. The second kappa shape index (κ2) is 7.81. The minimum Gasteiger partial charge on any atom is -0.447 e. The number of ether oxygens (including phenoxy) is 1. The number of benzene rings is 1. The molecule has 1 unspecified atom stereocenters. The van der Waals surface area contributed by atoms with Crippen LogP contribution >= 0.6 is 0 Å². The Hall–Kier alpha value is -2.57. The lowest BCUT2D eigenvalue weighted by Crippen LogP contribution is -2.49. The molecule has 2 amide bonds. The van der Waals surface area contributed by atoms with Crippen LogP contribution in [0.2, 0.25) is 0 Å². The van der Waals surface area contributed by atoms with Gasteiger partial charge in [0.15, 0.2) is 0 Å². The van der Waals surface area contributed by atoms with E-state index in [-0.39, 0.29) is 29.9 Å². The van der Waals surface area contributed by atoms with Crippen molar-refractivity contribution in [1.29, 1.82) is 0 Å². The molecule has 7 heteroatoms. The predicted molar refractivity (Wildman–Crippen MR) is 104 cm³/mol. The number of amides is 2. The molecule has 0 spiro atoms. The highest BCUT2D eigenvalue weighted by Crippen LogP contribution is 2.27. The van der Waals surface area contributed by atoms with E-state index in [1.165, 1.54) is 12.1 Å². The normalized spacial score (nSPS) is 20.8. The number of cyclic esters (lactones) is 1. The third-order valence-electron chi connectivity index (χ3n) is 5.85. The molecule has 2 aromatic rings. The Morgan fingerprint density at radius 1 is 1.29 bits per heavy atom. The molecule has 28 heavy (non-hydrogen) atoms. The number of carbonyl (C=O) groups excluding carboxylic acids is 2. The quantitative estimate of drug-likeness (QED) is 0.846. The van der Waals surface area contributed by atoms with E-state index in [9.17, 15) is 14.0 Å². The molecule has 0 saturated carbocycles. The van der Waals surface area contributed by atoms with E-state index >= 15 is 0 Å². The number of rotatable bonds is 5. The third kappa shape index (κ3) is 3.57. The molecule has 0 radical (unpaired) electrons. The van der Waals surface area contributed by atoms with Gasteiger partial charge in [0.1, 0.15) is 18.1 Å². The smallest absolute Gasteiger partial charge is 0.410 e. The number of H-pyrrole nitrogens is 1. The van der Waals surface area contributed by atoms with Gasteiger partial charge in [-0.15, -0.1) is 0 Å². The molecule has 2 aliphatic heterocycles. The van der Waals surface area contributed by atoms with Crippen molar-refractivity contribution >= 4 is 22.9 Å². The van der Waals surface area contributed by atoms with Crippen molar-refractivity contribution in [2.75, 3.05) is 19.7 Å². The van der Waals surface area contributed by atoms with Crippen molar-refractivity contribution in [3.05, 3.63) is 35.8 Å². The summed E-state index contributed by atoms with van der Waals surface area (Å²) >= 11 is 0. The molecule has 0 bridgehead atoms. The minimum atomic E-state index is -0.318. The summed E-state index contributed by atoms with van der Waals surface area (Å²) in [5.41, 5.74) is 1.22. The van der Waals surface area contributed by atoms with Crippen LogP contribution in [0.1, 0.15) is 49.5 Å². The van der Waals surface area contributed by atoms with Gasteiger partial charge < -0.3 is 14.6 Å². The predicted octanol–water partition coefficient (Wildman–Crippen LogP) is 3.92. The number of fused-ring (bicyclic) bond motifs is 1. The maximum absolute atomic E-state index is 13.4. The van der Waals surface area contributed by atoms with E-state index in [0.29, 0.717) is 30.8 Å². The first-order valence-electron chi connectivity index (χ1n) is 10.1. The van der Waals surface area contributed by atoms with Crippen molar-refractivity contribution < 1.29 is 18.7 Å². The van der Waals surface area contributed by atoms with Gasteiger partial charge in [0.25, 0.3) is 5.91 Å². The van der Waals surface area contributed by atoms with E-state index in [1.54, 1.807) is 17.0 Å². The van der Waals surface area contributed by atoms with Gasteiger partial charge in [-0.2, -0.15) is 0 Å². The van der Waals surface area contributed by atoms with Gasteiger partial charge in [0.2, 0.25) is 0 Å². The second-order valence-corrected chi connectivity index (χ2v) is 7.72. The maximum Gasteiger partial charge on any atom is 0.410 e. The van der Waals surface area contributed by atoms with Gasteiger partial charge in [-0.05, 0) is 43.5 Å². The fourth-order valence-corrected chi connectivity index (χ4v) is 4.32. The van der Waals surface area contributed by atoms with Crippen LogP contribution in [0.25, 0.3) is 10.9 Å². The lowest BCUT2D eigenvalue weighted by Gasteiger charge is -2.37. The Balaban J connectivity index is 1.40. The maximum atomic E-state index is 13.4. The SMILES string of the molecule is CCCCC1COC(=O)N1C1CCN(C(=O)c2cc3cc(F)ccc3[nH]2)CC1. The molecule has 1 aromatic heterocycles. The Morgan fingerprint density at radius 2 is 2.07 bits per heavy atom. The Labute approximate surface area is 163 Å². The van der Waals surface area contributed by atoms with Gasteiger partial charge >= 0.3 is 6.09 Å². The molecule has 4 rings (SSSR count). The molecule has 6 nitrogen and oxygen atoms in total. The minimum absolute atomic E-state index is 0.0819. The largest absolute Gasteiger partial charge is 0.447 e. The van der Waals surface area contributed by atoms with Crippen LogP contribution in [0.5, 0.6) is 0 Å². The van der Waals surface area contributed by atoms with Crippen LogP contribution in [0, 0.1) is 5.82 Å².